The molecule has 0 atom stereocenters. The Balaban J connectivity index is 2.10. The van der Waals surface area contributed by atoms with Gasteiger partial charge in [0.05, 0.1) is 5.52 Å². The van der Waals surface area contributed by atoms with Gasteiger partial charge in [-0.25, -0.2) is 0 Å². The predicted octanol–water partition coefficient (Wildman–Crippen LogP) is 6.22. The van der Waals surface area contributed by atoms with Crippen molar-refractivity contribution in [1.29, 1.82) is 0 Å². The minimum atomic E-state index is 0.0384. The van der Waals surface area contributed by atoms with Crippen LogP contribution in [0.2, 0.25) is 0 Å². The number of nitrogens with zero attached hydrogens (tertiary/aromatic N) is 1. The first-order chi connectivity index (χ1) is 11.1. The third-order valence-corrected chi connectivity index (χ3v) is 4.45. The van der Waals surface area contributed by atoms with Gasteiger partial charge in [0.15, 0.2) is 0 Å². The van der Waals surface area contributed by atoms with E-state index in [4.69, 9.17) is 0 Å². The Morgan fingerprint density at radius 3 is 2.00 bits per heavy atom. The van der Waals surface area contributed by atoms with E-state index in [1.807, 2.05) is 0 Å². The lowest BCUT2D eigenvalue weighted by molar-refractivity contribution is 0.423. The van der Waals surface area contributed by atoms with Crippen LogP contribution in [-0.4, -0.2) is 4.57 Å². The summed E-state index contributed by atoms with van der Waals surface area (Å²) in [7, 11) is 0. The lowest BCUT2D eigenvalue weighted by Crippen LogP contribution is -2.21. The van der Waals surface area contributed by atoms with Gasteiger partial charge in [-0.2, -0.15) is 0 Å². The van der Waals surface area contributed by atoms with E-state index >= 15 is 0 Å². The molecule has 1 heterocycles. The van der Waals surface area contributed by atoms with Crippen LogP contribution in [0.4, 0.5) is 0 Å². The number of fused-ring (bicyclic) bond motifs is 3. The molecule has 0 aliphatic rings. The van der Waals surface area contributed by atoms with Gasteiger partial charge >= 0.3 is 0 Å². The highest BCUT2D eigenvalue weighted by Crippen LogP contribution is 2.36. The third-order valence-electron chi connectivity index (χ3n) is 4.45. The van der Waals surface area contributed by atoms with Crippen LogP contribution < -0.4 is 0 Å². The standard InChI is InChI=1S/C22H21N/c1-22(2,3)23-20-12-8-7-11-18(20)19-14-13-17(15-21(19)23)16-9-5-4-6-10-16/h4-15H,1-3H3. The SMILES string of the molecule is CC(C)(C)n1c2ccccc2c2ccc(-c3ccccc3)cc21. The molecule has 1 nitrogen and oxygen atoms in total. The van der Waals surface area contributed by atoms with E-state index in [0.717, 1.165) is 0 Å². The number of para-hydroxylation sites is 1. The van der Waals surface area contributed by atoms with E-state index in [1.165, 1.54) is 32.9 Å². The van der Waals surface area contributed by atoms with Crippen molar-refractivity contribution < 1.29 is 0 Å². The first-order valence-electron chi connectivity index (χ1n) is 8.15. The molecule has 0 aliphatic carbocycles. The Morgan fingerprint density at radius 1 is 0.609 bits per heavy atom. The molecular formula is C22H21N. The van der Waals surface area contributed by atoms with Crippen molar-refractivity contribution in [3.05, 3.63) is 72.8 Å². The number of rotatable bonds is 1. The van der Waals surface area contributed by atoms with Crippen LogP contribution in [0.25, 0.3) is 32.9 Å². The molecule has 3 aromatic carbocycles. The van der Waals surface area contributed by atoms with Crippen LogP contribution >= 0.6 is 0 Å². The molecule has 4 rings (SSSR count). The van der Waals surface area contributed by atoms with Crippen molar-refractivity contribution in [2.45, 2.75) is 26.3 Å². The zero-order chi connectivity index (χ0) is 16.0. The molecule has 1 aromatic heterocycles. The maximum absolute atomic E-state index is 2.46. The van der Waals surface area contributed by atoms with Gasteiger partial charge < -0.3 is 4.57 Å². The molecule has 0 saturated carbocycles. The van der Waals surface area contributed by atoms with E-state index in [2.05, 4.69) is 98.1 Å². The lowest BCUT2D eigenvalue weighted by Gasteiger charge is -2.24. The first-order valence-corrected chi connectivity index (χ1v) is 8.15. The highest BCUT2D eigenvalue weighted by atomic mass is 15.0. The first kappa shape index (κ1) is 14.1. The number of aromatic nitrogens is 1. The van der Waals surface area contributed by atoms with Gasteiger partial charge in [-0.3, -0.25) is 0 Å². The van der Waals surface area contributed by atoms with E-state index in [-0.39, 0.29) is 5.54 Å². The normalized spacial score (nSPS) is 12.1. The average molecular weight is 299 g/mol. The zero-order valence-electron chi connectivity index (χ0n) is 13.9. The molecule has 0 N–H and O–H groups in total. The van der Waals surface area contributed by atoms with Gasteiger partial charge in [-0.15, -0.1) is 0 Å². The molecule has 0 unspecified atom stereocenters. The molecule has 0 amide bonds. The molecular weight excluding hydrogens is 278 g/mol. The summed E-state index contributed by atoms with van der Waals surface area (Å²) < 4.78 is 2.46. The van der Waals surface area contributed by atoms with E-state index < -0.39 is 0 Å². The van der Waals surface area contributed by atoms with Crippen molar-refractivity contribution in [2.75, 3.05) is 0 Å². The van der Waals surface area contributed by atoms with Gasteiger partial charge in [0.25, 0.3) is 0 Å². The lowest BCUT2D eigenvalue weighted by atomic mass is 10.0. The van der Waals surface area contributed by atoms with E-state index in [9.17, 15) is 0 Å². The summed E-state index contributed by atoms with van der Waals surface area (Å²) in [6.45, 7) is 6.82. The van der Waals surface area contributed by atoms with Crippen molar-refractivity contribution in [3.8, 4) is 11.1 Å². The number of hydrogen-bond acceptors (Lipinski definition) is 0. The molecule has 1 heteroatoms. The van der Waals surface area contributed by atoms with Crippen LogP contribution in [0.3, 0.4) is 0 Å². The minimum Gasteiger partial charge on any atom is -0.335 e. The third kappa shape index (κ3) is 2.24. The maximum atomic E-state index is 2.46. The number of hydrogen-bond donors (Lipinski definition) is 0. The number of benzene rings is 3. The minimum absolute atomic E-state index is 0.0384. The molecule has 23 heavy (non-hydrogen) atoms. The topological polar surface area (TPSA) is 4.93 Å². The van der Waals surface area contributed by atoms with Gasteiger partial charge in [-0.05, 0) is 44.0 Å². The quantitative estimate of drug-likeness (QED) is 0.393. The van der Waals surface area contributed by atoms with E-state index in [0.29, 0.717) is 0 Å². The van der Waals surface area contributed by atoms with Crippen LogP contribution in [0.1, 0.15) is 20.8 Å². The molecule has 0 radical (unpaired) electrons. The van der Waals surface area contributed by atoms with Gasteiger partial charge in [0.1, 0.15) is 0 Å². The van der Waals surface area contributed by atoms with Crippen LogP contribution in [-0.2, 0) is 5.54 Å². The van der Waals surface area contributed by atoms with Gasteiger partial charge in [0.2, 0.25) is 0 Å². The summed E-state index contributed by atoms with van der Waals surface area (Å²) in [5, 5.41) is 2.66. The highest BCUT2D eigenvalue weighted by Gasteiger charge is 2.20. The average Bonchev–Trinajstić information content (AvgIpc) is 2.89. The smallest absolute Gasteiger partial charge is 0.0502 e. The maximum Gasteiger partial charge on any atom is 0.0502 e. The Morgan fingerprint density at radius 2 is 1.26 bits per heavy atom. The zero-order valence-corrected chi connectivity index (χ0v) is 13.9. The largest absolute Gasteiger partial charge is 0.335 e. The van der Waals surface area contributed by atoms with E-state index in [1.54, 1.807) is 0 Å². The van der Waals surface area contributed by atoms with Crippen LogP contribution in [0.5, 0.6) is 0 Å². The monoisotopic (exact) mass is 299 g/mol. The van der Waals surface area contributed by atoms with Crippen LogP contribution in [0.15, 0.2) is 72.8 Å². The summed E-state index contributed by atoms with van der Waals surface area (Å²) in [5.41, 5.74) is 5.18. The van der Waals surface area contributed by atoms with Crippen molar-refractivity contribution in [3.63, 3.8) is 0 Å². The summed E-state index contributed by atoms with van der Waals surface area (Å²) in [4.78, 5) is 0. The Labute approximate surface area is 137 Å². The van der Waals surface area contributed by atoms with Crippen molar-refractivity contribution in [2.24, 2.45) is 0 Å². The molecule has 0 fully saturated rings. The second-order valence-corrected chi connectivity index (χ2v) is 7.12. The fourth-order valence-corrected chi connectivity index (χ4v) is 3.50. The summed E-state index contributed by atoms with van der Waals surface area (Å²) >= 11 is 0. The summed E-state index contributed by atoms with van der Waals surface area (Å²) in [6, 6.07) is 26.1. The molecule has 0 saturated heterocycles. The van der Waals surface area contributed by atoms with Gasteiger partial charge in [0, 0.05) is 21.8 Å². The molecule has 0 spiro atoms. The molecule has 0 aliphatic heterocycles. The highest BCUT2D eigenvalue weighted by molar-refractivity contribution is 6.09. The van der Waals surface area contributed by atoms with Crippen LogP contribution in [0, 0.1) is 0 Å². The second-order valence-electron chi connectivity index (χ2n) is 7.12. The van der Waals surface area contributed by atoms with Gasteiger partial charge in [-0.1, -0.05) is 60.7 Å². The molecule has 0 bridgehead atoms. The van der Waals surface area contributed by atoms with Crippen molar-refractivity contribution >= 4 is 21.8 Å². The fraction of sp³-hybridized carbons (Fsp3) is 0.182. The summed E-state index contributed by atoms with van der Waals surface area (Å²) in [5.74, 6) is 0. The fourth-order valence-electron chi connectivity index (χ4n) is 3.50. The molecule has 114 valence electrons. The Bertz CT molecular complexity index is 985. The molecule has 4 aromatic rings. The van der Waals surface area contributed by atoms with Crippen molar-refractivity contribution in [1.82, 2.24) is 4.57 Å². The predicted molar refractivity (Wildman–Crippen MR) is 99.9 cm³/mol. The Kier molecular flexibility index (Phi) is 3.05. The second kappa shape index (κ2) is 4.99. The Hall–Kier alpha value is -2.54. The summed E-state index contributed by atoms with van der Waals surface area (Å²) in [6.07, 6.45) is 0.